The molecule has 0 bridgehead atoms. The molecule has 1 unspecified atom stereocenters. The van der Waals surface area contributed by atoms with Gasteiger partial charge in [-0.05, 0) is 47.0 Å². The van der Waals surface area contributed by atoms with E-state index in [1.807, 2.05) is 0 Å². The molecular weight excluding hydrogens is 337 g/mol. The minimum absolute atomic E-state index is 0.450. The molecule has 5 heteroatoms. The Kier molecular flexibility index (Phi) is 14.0. The third-order valence-corrected chi connectivity index (χ3v) is 5.55. The first-order valence-electron chi connectivity index (χ1n) is 7.94. The molecule has 122 valence electrons. The van der Waals surface area contributed by atoms with Gasteiger partial charge in [0, 0.05) is 17.4 Å². The molecule has 0 aliphatic rings. The van der Waals surface area contributed by atoms with E-state index in [1.165, 1.54) is 19.3 Å². The maximum atomic E-state index is 6.07. The van der Waals surface area contributed by atoms with Crippen molar-refractivity contribution in [3.8, 4) is 0 Å². The lowest BCUT2D eigenvalue weighted by molar-refractivity contribution is 0.172. The Morgan fingerprint density at radius 2 is 1.45 bits per heavy atom. The molecule has 0 aromatic heterocycles. The van der Waals surface area contributed by atoms with E-state index in [9.17, 15) is 0 Å². The van der Waals surface area contributed by atoms with Crippen molar-refractivity contribution in [1.29, 1.82) is 0 Å². The molecular formula is C15H33BrNO2P. The first kappa shape index (κ1) is 20.8. The van der Waals surface area contributed by atoms with Crippen molar-refractivity contribution in [3.05, 3.63) is 0 Å². The van der Waals surface area contributed by atoms with Gasteiger partial charge in [-0.3, -0.25) is 0 Å². The normalized spacial score (nSPS) is 13.7. The smallest absolute Gasteiger partial charge is 0.259 e. The lowest BCUT2D eigenvalue weighted by Crippen LogP contribution is -2.33. The number of rotatable bonds is 13. The second kappa shape index (κ2) is 13.5. The molecule has 0 radical (unpaired) electrons. The zero-order valence-corrected chi connectivity index (χ0v) is 16.4. The van der Waals surface area contributed by atoms with Crippen LogP contribution in [0.4, 0.5) is 0 Å². The fourth-order valence-electron chi connectivity index (χ4n) is 2.01. The summed E-state index contributed by atoms with van der Waals surface area (Å²) in [5.74, 6) is 0. The summed E-state index contributed by atoms with van der Waals surface area (Å²) in [5, 5.41) is 1.11. The standard InChI is InChI=1S/C15H33BrNO2P/c1-6-12-18-20(17(14(2)3)15(4)5)19-13-10-8-7-9-11-16/h14-15H,6-13H2,1-5H3. The van der Waals surface area contributed by atoms with Crippen LogP contribution in [0.25, 0.3) is 0 Å². The first-order valence-corrected chi connectivity index (χ1v) is 10.2. The van der Waals surface area contributed by atoms with E-state index in [0.717, 1.165) is 31.4 Å². The maximum absolute atomic E-state index is 6.07. The summed E-state index contributed by atoms with van der Waals surface area (Å²) in [5.41, 5.74) is 0. The minimum Gasteiger partial charge on any atom is -0.322 e. The van der Waals surface area contributed by atoms with Crippen molar-refractivity contribution in [2.75, 3.05) is 18.5 Å². The van der Waals surface area contributed by atoms with Gasteiger partial charge in [0.05, 0.1) is 13.2 Å². The summed E-state index contributed by atoms with van der Waals surface area (Å²) in [6, 6.07) is 0.901. The van der Waals surface area contributed by atoms with Gasteiger partial charge in [-0.25, -0.2) is 4.67 Å². The average Bonchev–Trinajstić information content (AvgIpc) is 2.38. The third-order valence-electron chi connectivity index (χ3n) is 2.88. The van der Waals surface area contributed by atoms with Gasteiger partial charge in [-0.1, -0.05) is 35.7 Å². The predicted octanol–water partition coefficient (Wildman–Crippen LogP) is 5.73. The van der Waals surface area contributed by atoms with Crippen LogP contribution in [0.5, 0.6) is 0 Å². The number of alkyl halides is 1. The van der Waals surface area contributed by atoms with E-state index in [1.54, 1.807) is 0 Å². The summed E-state index contributed by atoms with van der Waals surface area (Å²) in [6.07, 6.45) is 5.94. The van der Waals surface area contributed by atoms with Crippen LogP contribution in [0.1, 0.15) is 66.7 Å². The Morgan fingerprint density at radius 3 is 1.95 bits per heavy atom. The molecule has 0 rings (SSSR count). The van der Waals surface area contributed by atoms with Crippen molar-refractivity contribution in [3.63, 3.8) is 0 Å². The quantitative estimate of drug-likeness (QED) is 0.235. The monoisotopic (exact) mass is 369 g/mol. The highest BCUT2D eigenvalue weighted by Crippen LogP contribution is 2.46. The molecule has 20 heavy (non-hydrogen) atoms. The largest absolute Gasteiger partial charge is 0.322 e. The molecule has 0 aromatic carbocycles. The van der Waals surface area contributed by atoms with Crippen LogP contribution < -0.4 is 0 Å². The highest BCUT2D eigenvalue weighted by molar-refractivity contribution is 9.09. The SMILES string of the molecule is CCCOP(OCCCCCCBr)N(C(C)C)C(C)C. The Labute approximate surface area is 135 Å². The molecule has 1 atom stereocenters. The van der Waals surface area contributed by atoms with Crippen molar-refractivity contribution in [2.45, 2.75) is 78.8 Å². The Morgan fingerprint density at radius 1 is 0.900 bits per heavy atom. The first-order chi connectivity index (χ1) is 9.54. The van der Waals surface area contributed by atoms with Crippen molar-refractivity contribution < 1.29 is 9.05 Å². The lowest BCUT2D eigenvalue weighted by atomic mass is 10.2. The van der Waals surface area contributed by atoms with Gasteiger partial charge < -0.3 is 9.05 Å². The van der Waals surface area contributed by atoms with Crippen molar-refractivity contribution >= 4 is 24.5 Å². The van der Waals surface area contributed by atoms with Gasteiger partial charge in [0.15, 0.2) is 0 Å². The number of unbranched alkanes of at least 4 members (excludes halogenated alkanes) is 3. The van der Waals surface area contributed by atoms with Crippen LogP contribution >= 0.6 is 24.5 Å². The van der Waals surface area contributed by atoms with E-state index in [2.05, 4.69) is 55.2 Å². The summed E-state index contributed by atoms with van der Waals surface area (Å²) in [4.78, 5) is 0. The average molecular weight is 370 g/mol. The zero-order chi connectivity index (χ0) is 15.4. The van der Waals surface area contributed by atoms with Crippen LogP contribution in [0.15, 0.2) is 0 Å². The van der Waals surface area contributed by atoms with Gasteiger partial charge in [0.25, 0.3) is 8.53 Å². The molecule has 0 spiro atoms. The number of hydrogen-bond donors (Lipinski definition) is 0. The predicted molar refractivity (Wildman–Crippen MR) is 93.5 cm³/mol. The number of halogens is 1. The second-order valence-corrected chi connectivity index (χ2v) is 7.82. The molecule has 3 nitrogen and oxygen atoms in total. The highest BCUT2D eigenvalue weighted by atomic mass is 79.9. The van der Waals surface area contributed by atoms with Crippen LogP contribution in [-0.2, 0) is 9.05 Å². The molecule has 0 N–H and O–H groups in total. The van der Waals surface area contributed by atoms with Crippen molar-refractivity contribution in [2.24, 2.45) is 0 Å². The summed E-state index contributed by atoms with van der Waals surface area (Å²) < 4.78 is 14.4. The molecule has 0 fully saturated rings. The van der Waals surface area contributed by atoms with Gasteiger partial charge in [-0.15, -0.1) is 0 Å². The topological polar surface area (TPSA) is 21.7 Å². The molecule has 0 saturated heterocycles. The van der Waals surface area contributed by atoms with Crippen LogP contribution in [-0.4, -0.2) is 35.3 Å². The van der Waals surface area contributed by atoms with Crippen molar-refractivity contribution in [1.82, 2.24) is 4.67 Å². The molecule has 0 aliphatic carbocycles. The molecule has 0 aromatic rings. The van der Waals surface area contributed by atoms with Gasteiger partial charge in [0.1, 0.15) is 0 Å². The number of hydrogen-bond acceptors (Lipinski definition) is 3. The molecule has 0 aliphatic heterocycles. The molecule has 0 amide bonds. The van der Waals surface area contributed by atoms with Gasteiger partial charge in [-0.2, -0.15) is 0 Å². The van der Waals surface area contributed by atoms with Crippen LogP contribution in [0, 0.1) is 0 Å². The van der Waals surface area contributed by atoms with E-state index >= 15 is 0 Å². The second-order valence-electron chi connectivity index (χ2n) is 5.57. The van der Waals surface area contributed by atoms with Crippen LogP contribution in [0.2, 0.25) is 0 Å². The maximum Gasteiger partial charge on any atom is 0.259 e. The highest BCUT2D eigenvalue weighted by Gasteiger charge is 2.26. The van der Waals surface area contributed by atoms with E-state index in [-0.39, 0.29) is 0 Å². The summed E-state index contributed by atoms with van der Waals surface area (Å²) in [7, 11) is -0.909. The molecule has 0 saturated carbocycles. The Hall–Kier alpha value is 0.790. The van der Waals surface area contributed by atoms with E-state index < -0.39 is 8.53 Å². The minimum atomic E-state index is -0.909. The fourth-order valence-corrected chi connectivity index (χ4v) is 4.12. The summed E-state index contributed by atoms with van der Waals surface area (Å²) in [6.45, 7) is 12.6. The summed E-state index contributed by atoms with van der Waals surface area (Å²) >= 11 is 3.47. The number of nitrogens with zero attached hydrogens (tertiary/aromatic N) is 1. The van der Waals surface area contributed by atoms with E-state index in [0.29, 0.717) is 12.1 Å². The van der Waals surface area contributed by atoms with Crippen LogP contribution in [0.3, 0.4) is 0 Å². The van der Waals surface area contributed by atoms with E-state index in [4.69, 9.17) is 9.05 Å². The molecule has 0 heterocycles. The third kappa shape index (κ3) is 9.68. The fraction of sp³-hybridized carbons (Fsp3) is 1.00. The zero-order valence-electron chi connectivity index (χ0n) is 13.9. The Bertz CT molecular complexity index is 210. The van der Waals surface area contributed by atoms with Gasteiger partial charge in [0.2, 0.25) is 0 Å². The Balaban J connectivity index is 4.18. The van der Waals surface area contributed by atoms with Gasteiger partial charge >= 0.3 is 0 Å². The lowest BCUT2D eigenvalue weighted by Gasteiger charge is -2.35.